The quantitative estimate of drug-likeness (QED) is 0.851. The molecule has 5 nitrogen and oxygen atoms in total. The summed E-state index contributed by atoms with van der Waals surface area (Å²) >= 11 is 0. The number of carbonyl (C=O) groups excluding carboxylic acids is 1. The van der Waals surface area contributed by atoms with Crippen LogP contribution in [0.15, 0.2) is 24.5 Å². The number of alkyl halides is 1. The summed E-state index contributed by atoms with van der Waals surface area (Å²) < 4.78 is 25.1. The van der Waals surface area contributed by atoms with Crippen LogP contribution >= 0.6 is 0 Å². The number of amides is 1. The lowest BCUT2D eigenvalue weighted by Gasteiger charge is -2.42. The van der Waals surface area contributed by atoms with Gasteiger partial charge in [-0.2, -0.15) is 0 Å². The van der Waals surface area contributed by atoms with Gasteiger partial charge in [-0.05, 0) is 37.8 Å². The Morgan fingerprint density at radius 2 is 2.33 bits per heavy atom. The van der Waals surface area contributed by atoms with Crippen LogP contribution in [0, 0.1) is 5.92 Å². The van der Waals surface area contributed by atoms with Crippen LogP contribution in [0.3, 0.4) is 0 Å². The van der Waals surface area contributed by atoms with Crippen molar-refractivity contribution in [3.05, 3.63) is 24.5 Å². The number of nitrogens with zero attached hydrogens (tertiary/aromatic N) is 2. The van der Waals surface area contributed by atoms with Crippen LogP contribution in [0.25, 0.3) is 0 Å². The highest BCUT2D eigenvalue weighted by atomic mass is 19.1. The summed E-state index contributed by atoms with van der Waals surface area (Å²) in [7, 11) is 0. The molecular weight excluding hydrogens is 311 g/mol. The van der Waals surface area contributed by atoms with Crippen LogP contribution in [0.2, 0.25) is 0 Å². The Bertz CT molecular complexity index is 593. The van der Waals surface area contributed by atoms with E-state index < -0.39 is 6.17 Å². The first kappa shape index (κ1) is 15.8. The summed E-state index contributed by atoms with van der Waals surface area (Å²) in [5.74, 6) is 0.720. The van der Waals surface area contributed by atoms with Crippen molar-refractivity contribution in [2.24, 2.45) is 5.92 Å². The van der Waals surface area contributed by atoms with Gasteiger partial charge in [0.05, 0.1) is 18.4 Å². The van der Waals surface area contributed by atoms with Crippen LogP contribution in [0.4, 0.5) is 4.39 Å². The number of rotatable bonds is 3. The molecule has 1 aromatic heterocycles. The summed E-state index contributed by atoms with van der Waals surface area (Å²) in [6, 6.07) is 3.73. The molecule has 0 radical (unpaired) electrons. The van der Waals surface area contributed by atoms with Crippen molar-refractivity contribution in [2.75, 3.05) is 19.7 Å². The molecule has 130 valence electrons. The normalized spacial score (nSPS) is 35.7. The van der Waals surface area contributed by atoms with Gasteiger partial charge in [-0.1, -0.05) is 0 Å². The number of aromatic nitrogens is 1. The summed E-state index contributed by atoms with van der Waals surface area (Å²) in [5.41, 5.74) is -0.306. The first-order chi connectivity index (χ1) is 11.6. The maximum Gasteiger partial charge on any atom is 0.225 e. The summed E-state index contributed by atoms with van der Waals surface area (Å²) in [6.45, 7) is 1.89. The number of halogens is 1. The third-order valence-electron chi connectivity index (χ3n) is 5.39. The highest BCUT2D eigenvalue weighted by Crippen LogP contribution is 2.38. The first-order valence-corrected chi connectivity index (χ1v) is 8.77. The van der Waals surface area contributed by atoms with Gasteiger partial charge in [0.25, 0.3) is 0 Å². The second kappa shape index (κ2) is 6.31. The van der Waals surface area contributed by atoms with E-state index in [1.807, 2.05) is 17.0 Å². The van der Waals surface area contributed by atoms with Crippen molar-refractivity contribution < 1.29 is 18.7 Å². The zero-order valence-electron chi connectivity index (χ0n) is 13.7. The first-order valence-electron chi connectivity index (χ1n) is 8.77. The van der Waals surface area contributed by atoms with Gasteiger partial charge in [-0.25, -0.2) is 4.39 Å². The zero-order valence-corrected chi connectivity index (χ0v) is 13.7. The van der Waals surface area contributed by atoms with Crippen LogP contribution in [-0.2, 0) is 9.53 Å². The Morgan fingerprint density at radius 1 is 1.46 bits per heavy atom. The Labute approximate surface area is 141 Å². The standard InChI is InChI=1S/C18H23FN2O3/c19-14-7-13(8-14)17(22)21-6-2-4-18(12-21)9-16(11-23-18)24-15-3-1-5-20-10-15/h1,3,5,10,13-14,16H,2,4,6-9,11-12H2/t13?,14?,16-,18-/m1/s1. The lowest BCUT2D eigenvalue weighted by molar-refractivity contribution is -0.148. The molecule has 0 bridgehead atoms. The predicted octanol–water partition coefficient (Wildman–Crippen LogP) is 2.36. The zero-order chi connectivity index (χ0) is 16.6. The van der Waals surface area contributed by atoms with Gasteiger partial charge in [-0.15, -0.1) is 0 Å². The number of hydrogen-bond acceptors (Lipinski definition) is 4. The lowest BCUT2D eigenvalue weighted by atomic mass is 9.81. The van der Waals surface area contributed by atoms with Gasteiger partial charge in [0.1, 0.15) is 18.0 Å². The van der Waals surface area contributed by atoms with Crippen molar-refractivity contribution in [1.29, 1.82) is 0 Å². The molecule has 1 spiro atoms. The summed E-state index contributed by atoms with van der Waals surface area (Å²) in [4.78, 5) is 18.4. The topological polar surface area (TPSA) is 51.7 Å². The van der Waals surface area contributed by atoms with E-state index in [0.29, 0.717) is 26.0 Å². The SMILES string of the molecule is O=C(C1CC(F)C1)N1CCC[C@@]2(C[C@@H](Oc3cccnc3)CO2)C1. The number of hydrogen-bond donors (Lipinski definition) is 0. The van der Waals surface area contributed by atoms with Gasteiger partial charge in [-0.3, -0.25) is 9.78 Å². The molecule has 0 N–H and O–H groups in total. The van der Waals surface area contributed by atoms with E-state index in [-0.39, 0.29) is 23.5 Å². The van der Waals surface area contributed by atoms with Gasteiger partial charge < -0.3 is 14.4 Å². The molecule has 0 aromatic carbocycles. The summed E-state index contributed by atoms with van der Waals surface area (Å²) in [5, 5.41) is 0. The Balaban J connectivity index is 1.36. The van der Waals surface area contributed by atoms with Crippen molar-refractivity contribution in [1.82, 2.24) is 9.88 Å². The minimum atomic E-state index is -0.794. The Kier molecular flexibility index (Phi) is 4.16. The van der Waals surface area contributed by atoms with Crippen LogP contribution in [-0.4, -0.2) is 53.4 Å². The van der Waals surface area contributed by atoms with E-state index in [2.05, 4.69) is 4.98 Å². The highest BCUT2D eigenvalue weighted by Gasteiger charge is 2.47. The predicted molar refractivity (Wildman–Crippen MR) is 85.4 cm³/mol. The monoisotopic (exact) mass is 334 g/mol. The Hall–Kier alpha value is -1.69. The fourth-order valence-corrected chi connectivity index (χ4v) is 4.07. The number of likely N-dealkylation sites (tertiary alicyclic amines) is 1. The van der Waals surface area contributed by atoms with Crippen molar-refractivity contribution in [3.63, 3.8) is 0 Å². The molecule has 2 aliphatic heterocycles. The van der Waals surface area contributed by atoms with E-state index in [4.69, 9.17) is 9.47 Å². The maximum absolute atomic E-state index is 13.0. The minimum Gasteiger partial charge on any atom is -0.486 e. The highest BCUT2D eigenvalue weighted by molar-refractivity contribution is 5.80. The third-order valence-corrected chi connectivity index (χ3v) is 5.39. The van der Waals surface area contributed by atoms with Crippen molar-refractivity contribution in [3.8, 4) is 5.75 Å². The molecule has 3 fully saturated rings. The molecule has 3 aliphatic rings. The Morgan fingerprint density at radius 3 is 3.08 bits per heavy atom. The van der Waals surface area contributed by atoms with Crippen LogP contribution in [0.1, 0.15) is 32.1 Å². The number of carbonyl (C=O) groups is 1. The fraction of sp³-hybridized carbons (Fsp3) is 0.667. The largest absolute Gasteiger partial charge is 0.486 e. The average molecular weight is 334 g/mol. The number of piperidine rings is 1. The fourth-order valence-electron chi connectivity index (χ4n) is 4.07. The molecule has 2 atom stereocenters. The second-order valence-electron chi connectivity index (χ2n) is 7.26. The number of ether oxygens (including phenoxy) is 2. The van der Waals surface area contributed by atoms with E-state index in [1.165, 1.54) is 0 Å². The second-order valence-corrected chi connectivity index (χ2v) is 7.26. The van der Waals surface area contributed by atoms with Crippen molar-refractivity contribution >= 4 is 5.91 Å². The smallest absolute Gasteiger partial charge is 0.225 e. The van der Waals surface area contributed by atoms with Crippen molar-refractivity contribution in [2.45, 2.75) is 50.0 Å². The summed E-state index contributed by atoms with van der Waals surface area (Å²) in [6.07, 6.45) is 6.03. The molecular formula is C18H23FN2O3. The molecule has 0 unspecified atom stereocenters. The molecule has 4 rings (SSSR count). The molecule has 1 amide bonds. The van der Waals surface area contributed by atoms with Crippen LogP contribution in [0.5, 0.6) is 5.75 Å². The van der Waals surface area contributed by atoms with Gasteiger partial charge in [0, 0.05) is 31.6 Å². The van der Waals surface area contributed by atoms with E-state index >= 15 is 0 Å². The van der Waals surface area contributed by atoms with E-state index in [1.54, 1.807) is 12.4 Å². The third kappa shape index (κ3) is 3.11. The van der Waals surface area contributed by atoms with E-state index in [0.717, 1.165) is 31.6 Å². The molecule has 1 aromatic rings. The number of pyridine rings is 1. The maximum atomic E-state index is 13.0. The van der Waals surface area contributed by atoms with E-state index in [9.17, 15) is 9.18 Å². The molecule has 1 saturated carbocycles. The molecule has 2 saturated heterocycles. The molecule has 3 heterocycles. The average Bonchev–Trinajstić information content (AvgIpc) is 2.94. The van der Waals surface area contributed by atoms with Gasteiger partial charge >= 0.3 is 0 Å². The molecule has 1 aliphatic carbocycles. The minimum absolute atomic E-state index is 0.0109. The van der Waals surface area contributed by atoms with Crippen LogP contribution < -0.4 is 4.74 Å². The molecule has 24 heavy (non-hydrogen) atoms. The lowest BCUT2D eigenvalue weighted by Crippen LogP contribution is -2.53. The molecule has 6 heteroatoms. The van der Waals surface area contributed by atoms with Gasteiger partial charge in [0.15, 0.2) is 0 Å². The van der Waals surface area contributed by atoms with Gasteiger partial charge in [0.2, 0.25) is 5.91 Å².